The lowest BCUT2D eigenvalue weighted by atomic mass is 9.98. The molecule has 100 valence electrons. The molecule has 2 unspecified atom stereocenters. The van der Waals surface area contributed by atoms with E-state index < -0.39 is 11.5 Å². The van der Waals surface area contributed by atoms with Crippen LogP contribution in [0.1, 0.15) is 39.5 Å². The van der Waals surface area contributed by atoms with Crippen molar-refractivity contribution in [2.75, 3.05) is 20.6 Å². The standard InChI is InChI=1S/C13H26N2O2/c1-10(2)6-8-15(4)11-5-7-13(9-11,14-3)12(16)17/h10-11,14H,5-9H2,1-4H3,(H,16,17). The molecule has 1 rings (SSSR count). The second-order valence-corrected chi connectivity index (χ2v) is 5.70. The van der Waals surface area contributed by atoms with Gasteiger partial charge in [-0.15, -0.1) is 0 Å². The van der Waals surface area contributed by atoms with E-state index in [2.05, 4.69) is 31.1 Å². The van der Waals surface area contributed by atoms with Crippen molar-refractivity contribution in [3.63, 3.8) is 0 Å². The van der Waals surface area contributed by atoms with Crippen LogP contribution in [0.3, 0.4) is 0 Å². The summed E-state index contributed by atoms with van der Waals surface area (Å²) in [5.41, 5.74) is -0.698. The Morgan fingerprint density at radius 1 is 1.59 bits per heavy atom. The lowest BCUT2D eigenvalue weighted by molar-refractivity contribution is -0.144. The maximum Gasteiger partial charge on any atom is 0.323 e. The fourth-order valence-corrected chi connectivity index (χ4v) is 2.57. The summed E-state index contributed by atoms with van der Waals surface area (Å²) in [6, 6.07) is 0.400. The zero-order valence-electron chi connectivity index (χ0n) is 11.5. The van der Waals surface area contributed by atoms with E-state index in [0.29, 0.717) is 18.4 Å². The molecule has 0 saturated heterocycles. The summed E-state index contributed by atoms with van der Waals surface area (Å²) in [7, 11) is 3.87. The van der Waals surface area contributed by atoms with Gasteiger partial charge >= 0.3 is 5.97 Å². The molecule has 0 aliphatic heterocycles. The molecule has 2 N–H and O–H groups in total. The van der Waals surface area contributed by atoms with Crippen LogP contribution in [0, 0.1) is 5.92 Å². The predicted molar refractivity (Wildman–Crippen MR) is 69.2 cm³/mol. The van der Waals surface area contributed by atoms with E-state index in [4.69, 9.17) is 0 Å². The third kappa shape index (κ3) is 3.42. The normalized spacial score (nSPS) is 29.2. The van der Waals surface area contributed by atoms with Gasteiger partial charge in [-0.25, -0.2) is 0 Å². The molecule has 1 fully saturated rings. The summed E-state index contributed by atoms with van der Waals surface area (Å²) in [6.07, 6.45) is 3.59. The Hall–Kier alpha value is -0.610. The maximum absolute atomic E-state index is 11.3. The van der Waals surface area contributed by atoms with Crippen LogP contribution in [0.2, 0.25) is 0 Å². The third-order valence-corrected chi connectivity index (χ3v) is 4.06. The van der Waals surface area contributed by atoms with Gasteiger partial charge in [-0.2, -0.15) is 0 Å². The van der Waals surface area contributed by atoms with E-state index in [1.54, 1.807) is 7.05 Å². The highest BCUT2D eigenvalue weighted by atomic mass is 16.4. The van der Waals surface area contributed by atoms with Crippen molar-refractivity contribution in [2.45, 2.75) is 51.1 Å². The quantitative estimate of drug-likeness (QED) is 0.742. The summed E-state index contributed by atoms with van der Waals surface area (Å²) in [5.74, 6) is -0.00727. The van der Waals surface area contributed by atoms with E-state index in [1.165, 1.54) is 6.42 Å². The number of hydrogen-bond acceptors (Lipinski definition) is 3. The van der Waals surface area contributed by atoms with E-state index in [1.807, 2.05) is 0 Å². The Balaban J connectivity index is 2.51. The van der Waals surface area contributed by atoms with Gasteiger partial charge in [-0.3, -0.25) is 4.79 Å². The molecule has 0 aromatic rings. The largest absolute Gasteiger partial charge is 0.480 e. The molecule has 4 heteroatoms. The molecule has 0 bridgehead atoms. The molecule has 2 atom stereocenters. The Bertz CT molecular complexity index is 268. The fraction of sp³-hybridized carbons (Fsp3) is 0.923. The van der Waals surface area contributed by atoms with E-state index >= 15 is 0 Å². The number of hydrogen-bond donors (Lipinski definition) is 2. The number of rotatable bonds is 6. The van der Waals surface area contributed by atoms with Crippen molar-refractivity contribution < 1.29 is 9.90 Å². The van der Waals surface area contributed by atoms with Crippen LogP contribution in [0.4, 0.5) is 0 Å². The first-order valence-corrected chi connectivity index (χ1v) is 6.54. The zero-order valence-corrected chi connectivity index (χ0v) is 11.5. The second kappa shape index (κ2) is 5.83. The van der Waals surface area contributed by atoms with Crippen LogP contribution in [0.25, 0.3) is 0 Å². The SMILES string of the molecule is CNC1(C(=O)O)CCC(N(C)CCC(C)C)C1. The molecule has 0 amide bonds. The first kappa shape index (κ1) is 14.5. The van der Waals surface area contributed by atoms with Gasteiger partial charge in [0.2, 0.25) is 0 Å². The van der Waals surface area contributed by atoms with Crippen LogP contribution >= 0.6 is 0 Å². The van der Waals surface area contributed by atoms with Crippen LogP contribution < -0.4 is 5.32 Å². The van der Waals surface area contributed by atoms with Gasteiger partial charge in [0, 0.05) is 6.04 Å². The minimum absolute atomic E-state index is 0.400. The number of carboxylic acid groups (broad SMARTS) is 1. The zero-order chi connectivity index (χ0) is 13.1. The van der Waals surface area contributed by atoms with Gasteiger partial charge in [0.15, 0.2) is 0 Å². The number of aliphatic carboxylic acids is 1. The number of nitrogens with one attached hydrogen (secondary N) is 1. The molecular weight excluding hydrogens is 216 g/mol. The Morgan fingerprint density at radius 2 is 2.24 bits per heavy atom. The molecule has 0 radical (unpaired) electrons. The summed E-state index contributed by atoms with van der Waals surface area (Å²) in [4.78, 5) is 13.6. The molecule has 0 spiro atoms. The first-order chi connectivity index (χ1) is 7.91. The van der Waals surface area contributed by atoms with Gasteiger partial charge in [0.1, 0.15) is 5.54 Å². The molecule has 17 heavy (non-hydrogen) atoms. The topological polar surface area (TPSA) is 52.6 Å². The Morgan fingerprint density at radius 3 is 2.65 bits per heavy atom. The van der Waals surface area contributed by atoms with Crippen LogP contribution in [-0.4, -0.2) is 48.2 Å². The van der Waals surface area contributed by atoms with Crippen LogP contribution in [0.5, 0.6) is 0 Å². The Kier molecular flexibility index (Phi) is 4.95. The van der Waals surface area contributed by atoms with Crippen molar-refractivity contribution in [1.82, 2.24) is 10.2 Å². The number of likely N-dealkylation sites (N-methyl/N-ethyl adjacent to an activating group) is 1. The van der Waals surface area contributed by atoms with Gasteiger partial charge in [0.25, 0.3) is 0 Å². The van der Waals surface area contributed by atoms with E-state index in [9.17, 15) is 9.90 Å². The van der Waals surface area contributed by atoms with Crippen molar-refractivity contribution in [1.29, 1.82) is 0 Å². The monoisotopic (exact) mass is 242 g/mol. The van der Waals surface area contributed by atoms with Crippen LogP contribution in [-0.2, 0) is 4.79 Å². The lowest BCUT2D eigenvalue weighted by Gasteiger charge is -2.28. The molecule has 1 aliphatic carbocycles. The predicted octanol–water partition coefficient (Wildman–Crippen LogP) is 1.56. The second-order valence-electron chi connectivity index (χ2n) is 5.70. The maximum atomic E-state index is 11.3. The smallest absolute Gasteiger partial charge is 0.323 e. The van der Waals surface area contributed by atoms with Crippen molar-refractivity contribution in [3.05, 3.63) is 0 Å². The number of carboxylic acids is 1. The Labute approximate surface area is 104 Å². The highest BCUT2D eigenvalue weighted by molar-refractivity contribution is 5.79. The number of carbonyl (C=O) groups is 1. The summed E-state index contributed by atoms with van der Waals surface area (Å²) < 4.78 is 0. The summed E-state index contributed by atoms with van der Waals surface area (Å²) >= 11 is 0. The third-order valence-electron chi connectivity index (χ3n) is 4.06. The van der Waals surface area contributed by atoms with Crippen molar-refractivity contribution in [2.24, 2.45) is 5.92 Å². The molecule has 0 aromatic heterocycles. The van der Waals surface area contributed by atoms with Gasteiger partial charge < -0.3 is 15.3 Å². The van der Waals surface area contributed by atoms with Gasteiger partial charge in [-0.1, -0.05) is 13.8 Å². The molecule has 0 heterocycles. The van der Waals surface area contributed by atoms with Crippen molar-refractivity contribution in [3.8, 4) is 0 Å². The first-order valence-electron chi connectivity index (χ1n) is 6.54. The van der Waals surface area contributed by atoms with Gasteiger partial charge in [0.05, 0.1) is 0 Å². The average molecular weight is 242 g/mol. The fourth-order valence-electron chi connectivity index (χ4n) is 2.57. The highest BCUT2D eigenvalue weighted by Gasteiger charge is 2.45. The van der Waals surface area contributed by atoms with Crippen LogP contribution in [0.15, 0.2) is 0 Å². The molecule has 4 nitrogen and oxygen atoms in total. The van der Waals surface area contributed by atoms with E-state index in [0.717, 1.165) is 19.4 Å². The lowest BCUT2D eigenvalue weighted by Crippen LogP contribution is -2.49. The molecular formula is C13H26N2O2. The van der Waals surface area contributed by atoms with Crippen molar-refractivity contribution >= 4 is 5.97 Å². The molecule has 1 saturated carbocycles. The highest BCUT2D eigenvalue weighted by Crippen LogP contribution is 2.32. The average Bonchev–Trinajstić information content (AvgIpc) is 2.71. The summed E-state index contributed by atoms with van der Waals surface area (Å²) in [5, 5.41) is 12.3. The number of nitrogens with zero attached hydrogens (tertiary/aromatic N) is 1. The van der Waals surface area contributed by atoms with Gasteiger partial charge in [-0.05, 0) is 52.2 Å². The summed E-state index contributed by atoms with van der Waals surface area (Å²) in [6.45, 7) is 5.50. The minimum atomic E-state index is -0.709. The van der Waals surface area contributed by atoms with E-state index in [-0.39, 0.29) is 0 Å². The minimum Gasteiger partial charge on any atom is -0.480 e. The molecule has 1 aliphatic rings. The molecule has 0 aromatic carbocycles.